The van der Waals surface area contributed by atoms with Gasteiger partial charge in [-0.15, -0.1) is 0 Å². The molecular formula is C15H32N4O2. The second-order valence-electron chi connectivity index (χ2n) is 5.82. The van der Waals surface area contributed by atoms with E-state index in [-0.39, 0.29) is 0 Å². The van der Waals surface area contributed by atoms with Crippen molar-refractivity contribution >= 4 is 5.96 Å². The zero-order valence-corrected chi connectivity index (χ0v) is 13.6. The summed E-state index contributed by atoms with van der Waals surface area (Å²) in [6, 6.07) is 0. The van der Waals surface area contributed by atoms with Gasteiger partial charge in [-0.25, -0.2) is 0 Å². The van der Waals surface area contributed by atoms with Gasteiger partial charge in [-0.3, -0.25) is 9.89 Å². The molecule has 124 valence electrons. The second kappa shape index (κ2) is 11.8. The predicted octanol–water partition coefficient (Wildman–Crippen LogP) is 0.676. The van der Waals surface area contributed by atoms with E-state index in [2.05, 4.69) is 29.1 Å². The summed E-state index contributed by atoms with van der Waals surface area (Å²) in [5, 5.41) is 3.16. The Morgan fingerprint density at radius 3 is 2.81 bits per heavy atom. The summed E-state index contributed by atoms with van der Waals surface area (Å²) in [4.78, 5) is 6.72. The lowest BCUT2D eigenvalue weighted by molar-refractivity contribution is 0.0376. The first-order chi connectivity index (χ1) is 10.2. The van der Waals surface area contributed by atoms with E-state index in [0.29, 0.717) is 11.9 Å². The van der Waals surface area contributed by atoms with E-state index < -0.39 is 0 Å². The Bertz CT molecular complexity index is 279. The van der Waals surface area contributed by atoms with Gasteiger partial charge in [-0.2, -0.15) is 0 Å². The van der Waals surface area contributed by atoms with E-state index in [9.17, 15) is 0 Å². The minimum absolute atomic E-state index is 0.542. The summed E-state index contributed by atoms with van der Waals surface area (Å²) in [6.45, 7) is 12.4. The highest BCUT2D eigenvalue weighted by Crippen LogP contribution is 1.97. The smallest absolute Gasteiger partial charge is 0.188 e. The van der Waals surface area contributed by atoms with Gasteiger partial charge in [0.15, 0.2) is 5.96 Å². The number of morpholine rings is 1. The monoisotopic (exact) mass is 300 g/mol. The van der Waals surface area contributed by atoms with E-state index in [1.165, 1.54) is 0 Å². The van der Waals surface area contributed by atoms with E-state index >= 15 is 0 Å². The standard InChI is InChI=1S/C15H32N4O2/c1-14(2)13-21-10-4-6-18-15(16)17-5-3-7-19-8-11-20-12-9-19/h14H,3-13H2,1-2H3,(H3,16,17,18). The van der Waals surface area contributed by atoms with E-state index in [1.807, 2.05) is 0 Å². The van der Waals surface area contributed by atoms with Gasteiger partial charge in [0.05, 0.1) is 13.2 Å². The Morgan fingerprint density at radius 1 is 1.33 bits per heavy atom. The fourth-order valence-electron chi connectivity index (χ4n) is 2.08. The highest BCUT2D eigenvalue weighted by Gasteiger charge is 2.08. The summed E-state index contributed by atoms with van der Waals surface area (Å²) < 4.78 is 10.8. The summed E-state index contributed by atoms with van der Waals surface area (Å²) >= 11 is 0. The van der Waals surface area contributed by atoms with Crippen LogP contribution in [0.1, 0.15) is 26.7 Å². The van der Waals surface area contributed by atoms with Gasteiger partial charge in [0.25, 0.3) is 0 Å². The van der Waals surface area contributed by atoms with Crippen LogP contribution in [0.15, 0.2) is 4.99 Å². The first-order valence-corrected chi connectivity index (χ1v) is 8.10. The Balaban J connectivity index is 1.92. The van der Waals surface area contributed by atoms with Gasteiger partial charge < -0.3 is 20.5 Å². The highest BCUT2D eigenvalue weighted by molar-refractivity contribution is 5.77. The van der Waals surface area contributed by atoms with Crippen molar-refractivity contribution < 1.29 is 9.47 Å². The minimum atomic E-state index is 0.542. The van der Waals surface area contributed by atoms with Gasteiger partial charge in [0.2, 0.25) is 0 Å². The number of nitrogens with two attached hydrogens (primary N) is 1. The van der Waals surface area contributed by atoms with Crippen LogP contribution in [0.4, 0.5) is 0 Å². The average molecular weight is 300 g/mol. The lowest BCUT2D eigenvalue weighted by Crippen LogP contribution is -2.39. The molecule has 1 heterocycles. The summed E-state index contributed by atoms with van der Waals surface area (Å²) in [5.41, 5.74) is 5.82. The highest BCUT2D eigenvalue weighted by atomic mass is 16.5. The number of rotatable bonds is 10. The van der Waals surface area contributed by atoms with Crippen molar-refractivity contribution in [1.29, 1.82) is 0 Å². The molecule has 0 aromatic carbocycles. The van der Waals surface area contributed by atoms with Crippen molar-refractivity contribution in [2.24, 2.45) is 16.6 Å². The van der Waals surface area contributed by atoms with Crippen LogP contribution in [0.3, 0.4) is 0 Å². The molecule has 0 bridgehead atoms. The molecule has 1 aliphatic rings. The maximum absolute atomic E-state index is 5.82. The minimum Gasteiger partial charge on any atom is -0.381 e. The molecule has 0 spiro atoms. The van der Waals surface area contributed by atoms with Gasteiger partial charge in [0.1, 0.15) is 0 Å². The number of hydrogen-bond donors (Lipinski definition) is 2. The number of ether oxygens (including phenoxy) is 2. The van der Waals surface area contributed by atoms with E-state index in [1.54, 1.807) is 0 Å². The summed E-state index contributed by atoms with van der Waals surface area (Å²) in [6.07, 6.45) is 2.00. The van der Waals surface area contributed by atoms with Crippen molar-refractivity contribution in [1.82, 2.24) is 10.2 Å². The Kier molecular flexibility index (Phi) is 10.2. The van der Waals surface area contributed by atoms with Gasteiger partial charge in [-0.05, 0) is 25.3 Å². The average Bonchev–Trinajstić information content (AvgIpc) is 2.48. The molecule has 0 aromatic rings. The fourth-order valence-corrected chi connectivity index (χ4v) is 2.08. The maximum Gasteiger partial charge on any atom is 0.188 e. The molecule has 3 N–H and O–H groups in total. The lowest BCUT2D eigenvalue weighted by Gasteiger charge is -2.26. The molecule has 0 atom stereocenters. The molecule has 0 aliphatic carbocycles. The van der Waals surface area contributed by atoms with Crippen molar-refractivity contribution in [3.05, 3.63) is 0 Å². The molecular weight excluding hydrogens is 268 g/mol. The van der Waals surface area contributed by atoms with Crippen LogP contribution >= 0.6 is 0 Å². The van der Waals surface area contributed by atoms with Gasteiger partial charge in [0, 0.05) is 39.4 Å². The van der Waals surface area contributed by atoms with E-state index in [0.717, 1.165) is 72.0 Å². The van der Waals surface area contributed by atoms with Crippen LogP contribution < -0.4 is 11.1 Å². The summed E-state index contributed by atoms with van der Waals surface area (Å²) in [7, 11) is 0. The van der Waals surface area contributed by atoms with Crippen LogP contribution in [-0.4, -0.2) is 70.0 Å². The molecule has 1 rings (SSSR count). The first kappa shape index (κ1) is 18.2. The quantitative estimate of drug-likeness (QED) is 0.352. The fraction of sp³-hybridized carbons (Fsp3) is 0.933. The largest absolute Gasteiger partial charge is 0.381 e. The molecule has 21 heavy (non-hydrogen) atoms. The Hall–Kier alpha value is -0.850. The Morgan fingerprint density at radius 2 is 2.10 bits per heavy atom. The zero-order chi connectivity index (χ0) is 15.3. The number of guanidine groups is 1. The van der Waals surface area contributed by atoms with Crippen molar-refractivity contribution in [2.45, 2.75) is 26.7 Å². The molecule has 1 fully saturated rings. The van der Waals surface area contributed by atoms with Gasteiger partial charge in [-0.1, -0.05) is 13.8 Å². The van der Waals surface area contributed by atoms with Crippen LogP contribution in [0, 0.1) is 5.92 Å². The molecule has 1 saturated heterocycles. The normalized spacial score (nSPS) is 17.4. The first-order valence-electron chi connectivity index (χ1n) is 8.10. The van der Waals surface area contributed by atoms with E-state index in [4.69, 9.17) is 15.2 Å². The van der Waals surface area contributed by atoms with Crippen LogP contribution in [0.2, 0.25) is 0 Å². The second-order valence-corrected chi connectivity index (χ2v) is 5.82. The Labute approximate surface area is 129 Å². The van der Waals surface area contributed by atoms with Crippen molar-refractivity contribution in [3.8, 4) is 0 Å². The molecule has 0 aromatic heterocycles. The topological polar surface area (TPSA) is 72.1 Å². The maximum atomic E-state index is 5.82. The third-order valence-corrected chi connectivity index (χ3v) is 3.24. The van der Waals surface area contributed by atoms with Crippen LogP contribution in [0.5, 0.6) is 0 Å². The van der Waals surface area contributed by atoms with Gasteiger partial charge >= 0.3 is 0 Å². The number of hydrogen-bond acceptors (Lipinski definition) is 4. The molecule has 0 amide bonds. The van der Waals surface area contributed by atoms with Crippen molar-refractivity contribution in [2.75, 3.05) is 59.2 Å². The summed E-state index contributed by atoms with van der Waals surface area (Å²) in [5.74, 6) is 1.13. The van der Waals surface area contributed by atoms with Crippen LogP contribution in [-0.2, 0) is 9.47 Å². The zero-order valence-electron chi connectivity index (χ0n) is 13.6. The molecule has 0 radical (unpaired) electrons. The number of aliphatic imine (C=N–C) groups is 1. The lowest BCUT2D eigenvalue weighted by atomic mass is 10.2. The number of nitrogens with one attached hydrogen (secondary N) is 1. The molecule has 1 aliphatic heterocycles. The molecule has 0 unspecified atom stereocenters. The number of nitrogens with zero attached hydrogens (tertiary/aromatic N) is 2. The third-order valence-electron chi connectivity index (χ3n) is 3.24. The third kappa shape index (κ3) is 10.5. The van der Waals surface area contributed by atoms with Crippen LogP contribution in [0.25, 0.3) is 0 Å². The van der Waals surface area contributed by atoms with Crippen molar-refractivity contribution in [3.63, 3.8) is 0 Å². The molecule has 0 saturated carbocycles. The predicted molar refractivity (Wildman–Crippen MR) is 86.6 cm³/mol. The SMILES string of the molecule is CC(C)COCCCN=C(N)NCCCN1CCOCC1. The molecule has 6 nitrogen and oxygen atoms in total. The molecule has 6 heteroatoms.